The Kier molecular flexibility index (Phi) is 9.37. The van der Waals surface area contributed by atoms with Gasteiger partial charge in [-0.15, -0.1) is 0 Å². The third kappa shape index (κ3) is 6.63. The van der Waals surface area contributed by atoms with E-state index in [-0.39, 0.29) is 22.8 Å². The van der Waals surface area contributed by atoms with Crippen molar-refractivity contribution in [1.29, 1.82) is 0 Å². The normalized spacial score (nSPS) is 14.8. The quantitative estimate of drug-likeness (QED) is 0.198. The first-order chi connectivity index (χ1) is 20.0. The van der Waals surface area contributed by atoms with Crippen molar-refractivity contribution in [3.05, 3.63) is 129 Å². The molecule has 1 atom stereocenters. The van der Waals surface area contributed by atoms with Crippen molar-refractivity contribution in [2.24, 2.45) is 7.05 Å². The number of nitrogens with zero attached hydrogens (tertiary/aromatic N) is 4. The maximum absolute atomic E-state index is 13.7. The Labute approximate surface area is 247 Å². The average molecular weight is 567 g/mol. The van der Waals surface area contributed by atoms with Gasteiger partial charge in [-0.3, -0.25) is 19.1 Å². The predicted octanol–water partition coefficient (Wildman–Crippen LogP) is 5.48. The van der Waals surface area contributed by atoms with Gasteiger partial charge in [-0.2, -0.15) is 0 Å². The van der Waals surface area contributed by atoms with Gasteiger partial charge in [0.05, 0.1) is 11.3 Å². The zero-order valence-corrected chi connectivity index (χ0v) is 24.9. The molecule has 0 spiro atoms. The van der Waals surface area contributed by atoms with E-state index in [2.05, 4.69) is 53.4 Å². The first-order valence-electron chi connectivity index (χ1n) is 14.4. The zero-order valence-electron chi connectivity index (χ0n) is 24.1. The monoisotopic (exact) mass is 566 g/mol. The Balaban J connectivity index is 1.28. The summed E-state index contributed by atoms with van der Waals surface area (Å²) in [6, 6.07) is 31.3. The van der Waals surface area contributed by atoms with Crippen LogP contribution in [-0.4, -0.2) is 56.7 Å². The third-order valence-corrected chi connectivity index (χ3v) is 9.28. The molecule has 0 radical (unpaired) electrons. The molecule has 1 amide bonds. The van der Waals surface area contributed by atoms with Gasteiger partial charge in [-0.1, -0.05) is 110 Å². The molecule has 1 aliphatic heterocycles. The lowest BCUT2D eigenvalue weighted by Gasteiger charge is -2.40. The van der Waals surface area contributed by atoms with Crippen LogP contribution in [0.1, 0.15) is 47.3 Å². The minimum atomic E-state index is -0.293. The van der Waals surface area contributed by atoms with E-state index in [1.165, 1.54) is 22.9 Å². The Bertz CT molecular complexity index is 1460. The van der Waals surface area contributed by atoms with E-state index in [0.29, 0.717) is 36.7 Å². The summed E-state index contributed by atoms with van der Waals surface area (Å²) in [4.78, 5) is 36.3. The molecule has 212 valence electrons. The highest BCUT2D eigenvalue weighted by atomic mass is 32.2. The highest BCUT2D eigenvalue weighted by Gasteiger charge is 2.31. The molecule has 6 nitrogen and oxygen atoms in total. The fourth-order valence-electron chi connectivity index (χ4n) is 5.56. The van der Waals surface area contributed by atoms with Crippen LogP contribution in [0.25, 0.3) is 0 Å². The van der Waals surface area contributed by atoms with E-state index >= 15 is 0 Å². The van der Waals surface area contributed by atoms with Crippen molar-refractivity contribution in [2.45, 2.75) is 43.1 Å². The summed E-state index contributed by atoms with van der Waals surface area (Å²) in [7, 11) is 1.76. The molecule has 5 rings (SSSR count). The number of thioether (sulfide) groups is 1. The Morgan fingerprint density at radius 1 is 0.854 bits per heavy atom. The topological polar surface area (TPSA) is 58.4 Å². The van der Waals surface area contributed by atoms with Crippen molar-refractivity contribution in [3.8, 4) is 0 Å². The summed E-state index contributed by atoms with van der Waals surface area (Å²) >= 11 is 1.41. The number of carbonyl (C=O) groups is 1. The fraction of sp³-hybridized carbons (Fsp3) is 0.324. The van der Waals surface area contributed by atoms with Crippen molar-refractivity contribution in [3.63, 3.8) is 0 Å². The number of piperazine rings is 1. The third-order valence-electron chi connectivity index (χ3n) is 7.89. The molecule has 3 aromatic carbocycles. The molecule has 1 unspecified atom stereocenters. The molecule has 7 heteroatoms. The number of aryl methyl sites for hydroxylation is 1. The summed E-state index contributed by atoms with van der Waals surface area (Å²) in [6.45, 7) is 6.86. The minimum absolute atomic E-state index is 0.0485. The molecule has 41 heavy (non-hydrogen) atoms. The molecule has 1 aliphatic rings. The Morgan fingerprint density at radius 2 is 1.39 bits per heavy atom. The van der Waals surface area contributed by atoms with Crippen LogP contribution in [0.5, 0.6) is 0 Å². The van der Waals surface area contributed by atoms with E-state index in [1.807, 2.05) is 61.2 Å². The second kappa shape index (κ2) is 13.3. The number of hydrogen-bond donors (Lipinski definition) is 0. The minimum Gasteiger partial charge on any atom is -0.339 e. The number of carbonyl (C=O) groups excluding carboxylic acids is 1. The first kappa shape index (κ1) is 28.8. The second-order valence-corrected chi connectivity index (χ2v) is 11.8. The second-order valence-electron chi connectivity index (χ2n) is 10.6. The molecule has 1 aromatic heterocycles. The molecule has 4 aromatic rings. The van der Waals surface area contributed by atoms with Crippen molar-refractivity contribution < 1.29 is 4.79 Å². The number of rotatable bonds is 9. The van der Waals surface area contributed by atoms with E-state index in [4.69, 9.17) is 4.98 Å². The number of benzene rings is 3. The molecular weight excluding hydrogens is 528 g/mol. The van der Waals surface area contributed by atoms with Crippen LogP contribution in [-0.2, 0) is 18.3 Å². The van der Waals surface area contributed by atoms with Crippen LogP contribution < -0.4 is 5.56 Å². The van der Waals surface area contributed by atoms with Crippen LogP contribution >= 0.6 is 11.8 Å². The summed E-state index contributed by atoms with van der Waals surface area (Å²) in [5, 5.41) is 0.300. The van der Waals surface area contributed by atoms with Gasteiger partial charge in [0.1, 0.15) is 0 Å². The standard InChI is InChI=1S/C34H38N4O2S/c1-4-30(41-34-35-25(2)29(32(39)36(34)3)24-26-14-8-5-9-15-26)33(40)38-22-20-37(21-23-38)31(27-16-10-6-11-17-27)28-18-12-7-13-19-28/h5-19,30-31H,4,20-24H2,1-3H3. The van der Waals surface area contributed by atoms with E-state index < -0.39 is 0 Å². The largest absolute Gasteiger partial charge is 0.339 e. The molecule has 0 N–H and O–H groups in total. The van der Waals surface area contributed by atoms with E-state index in [0.717, 1.165) is 24.3 Å². The SMILES string of the molecule is CCC(Sc1nc(C)c(Cc2ccccc2)c(=O)n1C)C(=O)N1CCN(C(c2ccccc2)c2ccccc2)CC1. The van der Waals surface area contributed by atoms with Gasteiger partial charge in [0, 0.05) is 50.9 Å². The fourth-order valence-corrected chi connectivity index (χ4v) is 6.67. The maximum Gasteiger partial charge on any atom is 0.257 e. The van der Waals surface area contributed by atoms with Crippen LogP contribution in [0.3, 0.4) is 0 Å². The summed E-state index contributed by atoms with van der Waals surface area (Å²) in [5.74, 6) is 0.119. The van der Waals surface area contributed by atoms with Gasteiger partial charge >= 0.3 is 0 Å². The molecule has 1 fully saturated rings. The Morgan fingerprint density at radius 3 is 1.93 bits per heavy atom. The van der Waals surface area contributed by atoms with Gasteiger partial charge in [-0.05, 0) is 30.0 Å². The zero-order chi connectivity index (χ0) is 28.8. The van der Waals surface area contributed by atoms with Gasteiger partial charge in [0.25, 0.3) is 5.56 Å². The van der Waals surface area contributed by atoms with Crippen LogP contribution in [0, 0.1) is 6.92 Å². The van der Waals surface area contributed by atoms with Crippen molar-refractivity contribution >= 4 is 17.7 Å². The summed E-state index contributed by atoms with van der Waals surface area (Å²) in [6.07, 6.45) is 1.21. The van der Waals surface area contributed by atoms with Crippen molar-refractivity contribution in [1.82, 2.24) is 19.4 Å². The average Bonchev–Trinajstić information content (AvgIpc) is 3.02. The number of hydrogen-bond acceptors (Lipinski definition) is 5. The van der Waals surface area contributed by atoms with Gasteiger partial charge in [0.2, 0.25) is 5.91 Å². The predicted molar refractivity (Wildman–Crippen MR) is 166 cm³/mol. The molecule has 0 aliphatic carbocycles. The first-order valence-corrected chi connectivity index (χ1v) is 15.2. The lowest BCUT2D eigenvalue weighted by molar-refractivity contribution is -0.132. The van der Waals surface area contributed by atoms with E-state index in [1.54, 1.807) is 11.6 Å². The lowest BCUT2D eigenvalue weighted by atomic mass is 9.96. The van der Waals surface area contributed by atoms with Crippen molar-refractivity contribution in [2.75, 3.05) is 26.2 Å². The number of amides is 1. The number of aromatic nitrogens is 2. The molecule has 1 saturated heterocycles. The highest BCUT2D eigenvalue weighted by Crippen LogP contribution is 2.31. The smallest absolute Gasteiger partial charge is 0.257 e. The van der Waals surface area contributed by atoms with Gasteiger partial charge in [-0.25, -0.2) is 4.98 Å². The molecule has 2 heterocycles. The molecule has 0 bridgehead atoms. The van der Waals surface area contributed by atoms with Gasteiger partial charge < -0.3 is 4.90 Å². The highest BCUT2D eigenvalue weighted by molar-refractivity contribution is 8.00. The van der Waals surface area contributed by atoms with Gasteiger partial charge in [0.15, 0.2) is 5.16 Å². The summed E-state index contributed by atoms with van der Waals surface area (Å²) in [5.41, 5.74) is 4.98. The Hall–Kier alpha value is -3.68. The van der Waals surface area contributed by atoms with Crippen LogP contribution in [0.4, 0.5) is 0 Å². The van der Waals surface area contributed by atoms with Crippen LogP contribution in [0.15, 0.2) is 101 Å². The molecular formula is C34H38N4O2S. The summed E-state index contributed by atoms with van der Waals surface area (Å²) < 4.78 is 1.61. The van der Waals surface area contributed by atoms with Crippen LogP contribution in [0.2, 0.25) is 0 Å². The maximum atomic E-state index is 13.7. The van der Waals surface area contributed by atoms with E-state index in [9.17, 15) is 9.59 Å². The molecule has 0 saturated carbocycles. The lowest BCUT2D eigenvalue weighted by Crippen LogP contribution is -2.51.